The molecule has 1 heterocycles. The highest BCUT2D eigenvalue weighted by Crippen LogP contribution is 2.51. The molecule has 0 aromatic heterocycles. The Kier molecular flexibility index (Phi) is 8.45. The molecule has 198 valence electrons. The van der Waals surface area contributed by atoms with Gasteiger partial charge in [0.25, 0.3) is 0 Å². The summed E-state index contributed by atoms with van der Waals surface area (Å²) in [6.07, 6.45) is -0.513. The van der Waals surface area contributed by atoms with Crippen molar-refractivity contribution in [1.82, 2.24) is 10.2 Å². The van der Waals surface area contributed by atoms with Crippen LogP contribution in [0.4, 0.5) is 0 Å². The molecule has 0 bridgehead atoms. The van der Waals surface area contributed by atoms with E-state index in [9.17, 15) is 24.9 Å². The number of methoxy groups -OCH3 is 2. The first-order valence-corrected chi connectivity index (χ1v) is 12.0. The SMILES string of the molecule is COCC(=O)N(Cc1ccccc1)[C@@H]1C=C(C(=O)NCCO)[C@@H]2c3cc(CO)cc(OC)c3O[C@@H]2[C@H]1O. The molecule has 4 atom stereocenters. The van der Waals surface area contributed by atoms with Crippen molar-refractivity contribution in [2.24, 2.45) is 0 Å². The van der Waals surface area contributed by atoms with E-state index in [1.807, 2.05) is 30.3 Å². The Morgan fingerprint density at radius 1 is 1.11 bits per heavy atom. The molecule has 2 aliphatic rings. The summed E-state index contributed by atoms with van der Waals surface area (Å²) in [5.74, 6) is -0.767. The third-order valence-corrected chi connectivity index (χ3v) is 6.64. The molecule has 37 heavy (non-hydrogen) atoms. The van der Waals surface area contributed by atoms with E-state index >= 15 is 0 Å². The Morgan fingerprint density at radius 2 is 1.86 bits per heavy atom. The van der Waals surface area contributed by atoms with Crippen LogP contribution in [0.25, 0.3) is 0 Å². The average Bonchev–Trinajstić information content (AvgIpc) is 3.31. The quantitative estimate of drug-likeness (QED) is 0.361. The highest BCUT2D eigenvalue weighted by Gasteiger charge is 2.51. The predicted octanol–water partition coefficient (Wildman–Crippen LogP) is 0.485. The number of nitrogens with one attached hydrogen (secondary N) is 1. The van der Waals surface area contributed by atoms with E-state index in [0.29, 0.717) is 22.6 Å². The number of aliphatic hydroxyl groups is 3. The summed E-state index contributed by atoms with van der Waals surface area (Å²) in [7, 11) is 2.88. The van der Waals surface area contributed by atoms with E-state index in [4.69, 9.17) is 14.2 Å². The van der Waals surface area contributed by atoms with Crippen LogP contribution in [0.15, 0.2) is 54.1 Å². The van der Waals surface area contributed by atoms with E-state index in [1.165, 1.54) is 19.1 Å². The zero-order chi connectivity index (χ0) is 26.5. The van der Waals surface area contributed by atoms with E-state index in [1.54, 1.807) is 18.2 Å². The maximum absolute atomic E-state index is 13.3. The van der Waals surface area contributed by atoms with Crippen LogP contribution in [0.2, 0.25) is 0 Å². The van der Waals surface area contributed by atoms with Gasteiger partial charge in [-0.15, -0.1) is 0 Å². The van der Waals surface area contributed by atoms with Crippen molar-refractivity contribution >= 4 is 11.8 Å². The van der Waals surface area contributed by atoms with Crippen LogP contribution < -0.4 is 14.8 Å². The number of amides is 2. The van der Waals surface area contributed by atoms with Gasteiger partial charge in [0, 0.05) is 31.3 Å². The number of hydrogen-bond donors (Lipinski definition) is 4. The molecule has 0 unspecified atom stereocenters. The average molecular weight is 513 g/mol. The first kappa shape index (κ1) is 26.6. The number of fused-ring (bicyclic) bond motifs is 3. The fourth-order valence-corrected chi connectivity index (χ4v) is 4.97. The lowest BCUT2D eigenvalue weighted by Crippen LogP contribution is -2.56. The Balaban J connectivity index is 1.81. The van der Waals surface area contributed by atoms with Gasteiger partial charge in [-0.25, -0.2) is 0 Å². The van der Waals surface area contributed by atoms with Crippen molar-refractivity contribution in [2.45, 2.75) is 37.3 Å². The van der Waals surface area contributed by atoms with E-state index in [0.717, 1.165) is 5.56 Å². The van der Waals surface area contributed by atoms with Gasteiger partial charge >= 0.3 is 0 Å². The second-order valence-corrected chi connectivity index (χ2v) is 8.96. The minimum Gasteiger partial charge on any atom is -0.493 e. The maximum atomic E-state index is 13.3. The van der Waals surface area contributed by atoms with Crippen molar-refractivity contribution in [2.75, 3.05) is 34.0 Å². The van der Waals surface area contributed by atoms with Crippen LogP contribution in [0.1, 0.15) is 22.6 Å². The highest BCUT2D eigenvalue weighted by molar-refractivity contribution is 5.96. The lowest BCUT2D eigenvalue weighted by Gasteiger charge is -2.40. The third-order valence-electron chi connectivity index (χ3n) is 6.64. The van der Waals surface area contributed by atoms with Crippen LogP contribution in [0.3, 0.4) is 0 Å². The van der Waals surface area contributed by atoms with Gasteiger partial charge in [0.15, 0.2) is 11.5 Å². The topological polar surface area (TPSA) is 138 Å². The molecule has 10 heteroatoms. The Hall–Kier alpha value is -3.44. The minimum absolute atomic E-state index is 0.0326. The maximum Gasteiger partial charge on any atom is 0.249 e. The first-order valence-electron chi connectivity index (χ1n) is 12.0. The van der Waals surface area contributed by atoms with Gasteiger partial charge in [-0.3, -0.25) is 9.59 Å². The standard InChI is InChI=1S/C27H32N2O8/c1-35-15-22(32)29(13-16-6-4-3-5-7-16)20-12-19(27(34)28-8-9-30)23-18-10-17(14-31)11-21(36-2)25(18)37-26(23)24(20)33/h3-7,10-12,20,23-24,26,30-31,33H,8-9,13-15H2,1-2H3,(H,28,34)/t20-,23+,24+,26+/m1/s1. The van der Waals surface area contributed by atoms with Gasteiger partial charge in [0.05, 0.1) is 32.3 Å². The van der Waals surface area contributed by atoms with Gasteiger partial charge < -0.3 is 39.7 Å². The smallest absolute Gasteiger partial charge is 0.249 e. The molecule has 2 aromatic carbocycles. The van der Waals surface area contributed by atoms with Crippen molar-refractivity contribution < 1.29 is 39.1 Å². The zero-order valence-electron chi connectivity index (χ0n) is 20.8. The Labute approximate surface area is 215 Å². The molecule has 0 radical (unpaired) electrons. The molecule has 4 rings (SSSR count). The van der Waals surface area contributed by atoms with Gasteiger partial charge in [-0.05, 0) is 29.3 Å². The van der Waals surface area contributed by atoms with Gasteiger partial charge in [0.2, 0.25) is 11.8 Å². The minimum atomic E-state index is -1.20. The summed E-state index contributed by atoms with van der Waals surface area (Å²) in [6, 6.07) is 11.8. The normalized spacial score (nSPS) is 21.8. The van der Waals surface area contributed by atoms with Crippen LogP contribution in [0, 0.1) is 0 Å². The third kappa shape index (κ3) is 5.33. The predicted molar refractivity (Wildman–Crippen MR) is 133 cm³/mol. The molecular weight excluding hydrogens is 480 g/mol. The second kappa shape index (κ2) is 11.7. The molecule has 2 aromatic rings. The number of benzene rings is 2. The summed E-state index contributed by atoms with van der Waals surface area (Å²) >= 11 is 0. The van der Waals surface area contributed by atoms with Gasteiger partial charge in [-0.2, -0.15) is 0 Å². The lowest BCUT2D eigenvalue weighted by atomic mass is 9.77. The van der Waals surface area contributed by atoms with E-state index in [2.05, 4.69) is 5.32 Å². The van der Waals surface area contributed by atoms with Crippen LogP contribution in [-0.2, 0) is 27.5 Å². The van der Waals surface area contributed by atoms with Crippen molar-refractivity contribution in [3.05, 3.63) is 70.8 Å². The van der Waals surface area contributed by atoms with Crippen molar-refractivity contribution in [1.29, 1.82) is 0 Å². The number of hydrogen-bond acceptors (Lipinski definition) is 8. The molecule has 0 saturated carbocycles. The largest absolute Gasteiger partial charge is 0.493 e. The molecule has 4 N–H and O–H groups in total. The summed E-state index contributed by atoms with van der Waals surface area (Å²) in [6.45, 7) is -0.502. The van der Waals surface area contributed by atoms with Crippen molar-refractivity contribution in [3.63, 3.8) is 0 Å². The fraction of sp³-hybridized carbons (Fsp3) is 0.407. The molecule has 2 amide bonds. The van der Waals surface area contributed by atoms with E-state index in [-0.39, 0.29) is 44.4 Å². The number of ether oxygens (including phenoxy) is 3. The second-order valence-electron chi connectivity index (χ2n) is 8.96. The van der Waals surface area contributed by atoms with Crippen LogP contribution in [0.5, 0.6) is 11.5 Å². The summed E-state index contributed by atoms with van der Waals surface area (Å²) < 4.78 is 16.8. The fourth-order valence-electron chi connectivity index (χ4n) is 4.97. The molecular formula is C27H32N2O8. The Bertz CT molecular complexity index is 1150. The Morgan fingerprint density at radius 3 is 2.51 bits per heavy atom. The van der Waals surface area contributed by atoms with E-state index < -0.39 is 30.1 Å². The molecule has 1 aliphatic carbocycles. The van der Waals surface area contributed by atoms with Gasteiger partial charge in [0.1, 0.15) is 18.8 Å². The summed E-state index contributed by atoms with van der Waals surface area (Å²) in [5, 5.41) is 33.3. The lowest BCUT2D eigenvalue weighted by molar-refractivity contribution is -0.141. The number of carbonyl (C=O) groups is 2. The molecule has 0 spiro atoms. The molecule has 10 nitrogen and oxygen atoms in total. The molecule has 0 saturated heterocycles. The van der Waals surface area contributed by atoms with Crippen molar-refractivity contribution in [3.8, 4) is 11.5 Å². The summed E-state index contributed by atoms with van der Waals surface area (Å²) in [5.41, 5.74) is 2.28. The van der Waals surface area contributed by atoms with Crippen LogP contribution in [-0.4, -0.2) is 84.3 Å². The first-order chi connectivity index (χ1) is 17.9. The highest BCUT2D eigenvalue weighted by atomic mass is 16.5. The number of carbonyl (C=O) groups excluding carboxylic acids is 2. The monoisotopic (exact) mass is 512 g/mol. The number of aliphatic hydroxyl groups excluding tert-OH is 3. The zero-order valence-corrected chi connectivity index (χ0v) is 20.8. The summed E-state index contributed by atoms with van der Waals surface area (Å²) in [4.78, 5) is 28.0. The number of rotatable bonds is 10. The number of nitrogens with zero attached hydrogens (tertiary/aromatic N) is 1. The molecule has 1 aliphatic heterocycles. The molecule has 0 fully saturated rings. The van der Waals surface area contributed by atoms with Gasteiger partial charge in [-0.1, -0.05) is 30.3 Å². The van der Waals surface area contributed by atoms with Crippen LogP contribution >= 0.6 is 0 Å².